The van der Waals surface area contributed by atoms with E-state index in [0.29, 0.717) is 29.4 Å². The Morgan fingerprint density at radius 3 is 2.07 bits per heavy atom. The zero-order valence-corrected chi connectivity index (χ0v) is 12.0. The largest absolute Gasteiger partial charge is 0.417 e. The number of hydrogen-bond donors (Lipinski definition) is 1. The smallest absolute Gasteiger partial charge is 0.191 e. The van der Waals surface area contributed by atoms with Gasteiger partial charge in [-0.3, -0.25) is 0 Å². The minimum Gasteiger partial charge on any atom is -0.417 e. The van der Waals surface area contributed by atoms with Crippen LogP contribution in [-0.2, 0) is 4.43 Å². The molecular weight excluding hydrogens is 204 g/mol. The minimum atomic E-state index is -1.58. The molecule has 3 heteroatoms. The zero-order valence-electron chi connectivity index (χ0n) is 11.0. The molecule has 3 atom stereocenters. The molecule has 2 nitrogen and oxygen atoms in total. The Hall–Kier alpha value is 0.137. The van der Waals surface area contributed by atoms with Crippen LogP contribution in [0.4, 0.5) is 0 Å². The predicted octanol–water partition coefficient (Wildman–Crippen LogP) is 2.88. The van der Waals surface area contributed by atoms with E-state index in [1.807, 2.05) is 0 Å². The SMILES string of the molecule is C[C@H]1[C@H](CO)[C@H]1CO[Si](C)(C)C(C)(C)C. The maximum Gasteiger partial charge on any atom is 0.191 e. The van der Waals surface area contributed by atoms with Gasteiger partial charge in [-0.15, -0.1) is 0 Å². The summed E-state index contributed by atoms with van der Waals surface area (Å²) in [7, 11) is -1.58. The van der Waals surface area contributed by atoms with Crippen molar-refractivity contribution in [3.63, 3.8) is 0 Å². The quantitative estimate of drug-likeness (QED) is 0.753. The average molecular weight is 230 g/mol. The normalized spacial score (nSPS) is 31.8. The van der Waals surface area contributed by atoms with Crippen LogP contribution in [0.15, 0.2) is 0 Å². The van der Waals surface area contributed by atoms with Crippen LogP contribution in [0.1, 0.15) is 27.7 Å². The van der Waals surface area contributed by atoms with Crippen molar-refractivity contribution in [1.29, 1.82) is 0 Å². The molecule has 1 saturated carbocycles. The van der Waals surface area contributed by atoms with Gasteiger partial charge >= 0.3 is 0 Å². The van der Waals surface area contributed by atoms with Crippen molar-refractivity contribution in [1.82, 2.24) is 0 Å². The molecule has 0 aromatic rings. The van der Waals surface area contributed by atoms with Crippen LogP contribution < -0.4 is 0 Å². The van der Waals surface area contributed by atoms with Crippen LogP contribution >= 0.6 is 0 Å². The van der Waals surface area contributed by atoms with Crippen LogP contribution in [0.2, 0.25) is 18.1 Å². The molecule has 0 aromatic carbocycles. The van der Waals surface area contributed by atoms with Crippen molar-refractivity contribution in [2.45, 2.75) is 45.8 Å². The van der Waals surface area contributed by atoms with E-state index in [1.165, 1.54) is 0 Å². The van der Waals surface area contributed by atoms with Crippen LogP contribution in [0.5, 0.6) is 0 Å². The number of rotatable bonds is 4. The first-order chi connectivity index (χ1) is 6.70. The molecule has 1 aliphatic carbocycles. The van der Waals surface area contributed by atoms with Crippen LogP contribution in [0, 0.1) is 17.8 Å². The van der Waals surface area contributed by atoms with Gasteiger partial charge in [0.1, 0.15) is 0 Å². The van der Waals surface area contributed by atoms with Crippen LogP contribution in [0.3, 0.4) is 0 Å². The van der Waals surface area contributed by atoms with Gasteiger partial charge in [0, 0.05) is 13.2 Å². The molecule has 0 aliphatic heterocycles. The molecule has 0 heterocycles. The van der Waals surface area contributed by atoms with E-state index in [-0.39, 0.29) is 0 Å². The van der Waals surface area contributed by atoms with Gasteiger partial charge in [-0.2, -0.15) is 0 Å². The highest BCUT2D eigenvalue weighted by Gasteiger charge is 2.47. The van der Waals surface area contributed by atoms with Gasteiger partial charge in [-0.1, -0.05) is 27.7 Å². The van der Waals surface area contributed by atoms with Gasteiger partial charge in [-0.25, -0.2) is 0 Å². The molecule has 0 amide bonds. The first-order valence-corrected chi connectivity index (χ1v) is 8.86. The van der Waals surface area contributed by atoms with Crippen molar-refractivity contribution in [3.05, 3.63) is 0 Å². The lowest BCUT2D eigenvalue weighted by Crippen LogP contribution is -2.41. The summed E-state index contributed by atoms with van der Waals surface area (Å²) in [6.45, 7) is 14.7. The molecular formula is C12H26O2Si. The van der Waals surface area contributed by atoms with Gasteiger partial charge in [0.15, 0.2) is 8.32 Å². The van der Waals surface area contributed by atoms with Gasteiger partial charge in [-0.05, 0) is 35.9 Å². The molecule has 1 rings (SSSR count). The van der Waals surface area contributed by atoms with Gasteiger partial charge < -0.3 is 9.53 Å². The Morgan fingerprint density at radius 1 is 1.20 bits per heavy atom. The Bertz CT molecular complexity index is 220. The zero-order chi connectivity index (χ0) is 11.9. The lowest BCUT2D eigenvalue weighted by molar-refractivity contribution is 0.232. The van der Waals surface area contributed by atoms with E-state index in [1.54, 1.807) is 0 Å². The van der Waals surface area contributed by atoms with Gasteiger partial charge in [0.25, 0.3) is 0 Å². The topological polar surface area (TPSA) is 29.5 Å². The predicted molar refractivity (Wildman–Crippen MR) is 66.4 cm³/mol. The summed E-state index contributed by atoms with van der Waals surface area (Å²) in [4.78, 5) is 0. The maximum atomic E-state index is 9.09. The highest BCUT2D eigenvalue weighted by atomic mass is 28.4. The molecule has 0 radical (unpaired) electrons. The van der Waals surface area contributed by atoms with Crippen molar-refractivity contribution in [3.8, 4) is 0 Å². The van der Waals surface area contributed by atoms with Crippen molar-refractivity contribution in [2.24, 2.45) is 17.8 Å². The summed E-state index contributed by atoms with van der Waals surface area (Å²) in [5, 5.41) is 9.38. The molecule has 90 valence electrons. The lowest BCUT2D eigenvalue weighted by atomic mass is 10.2. The maximum absolute atomic E-state index is 9.09. The van der Waals surface area contributed by atoms with E-state index >= 15 is 0 Å². The summed E-state index contributed by atoms with van der Waals surface area (Å²) in [5.41, 5.74) is 0. The summed E-state index contributed by atoms with van der Waals surface area (Å²) in [6.07, 6.45) is 0. The minimum absolute atomic E-state index is 0.292. The first-order valence-electron chi connectivity index (χ1n) is 5.95. The Labute approximate surface area is 95.2 Å². The standard InChI is InChI=1S/C12H26O2Si/c1-9-10(7-13)11(9)8-14-15(5,6)12(2,3)4/h9-11,13H,7-8H2,1-6H3/t9-,10-,11-/m0/s1. The van der Waals surface area contributed by atoms with E-state index in [9.17, 15) is 0 Å². The number of aliphatic hydroxyl groups excluding tert-OH is 1. The van der Waals surface area contributed by atoms with Gasteiger partial charge in [0.2, 0.25) is 0 Å². The molecule has 1 aliphatic rings. The van der Waals surface area contributed by atoms with Crippen molar-refractivity contribution < 1.29 is 9.53 Å². The lowest BCUT2D eigenvalue weighted by Gasteiger charge is -2.36. The second-order valence-corrected chi connectivity index (χ2v) is 11.3. The monoisotopic (exact) mass is 230 g/mol. The third kappa shape index (κ3) is 2.83. The fraction of sp³-hybridized carbons (Fsp3) is 1.00. The molecule has 0 spiro atoms. The summed E-state index contributed by atoms with van der Waals surface area (Å²) >= 11 is 0. The third-order valence-corrected chi connectivity index (χ3v) is 8.91. The highest BCUT2D eigenvalue weighted by molar-refractivity contribution is 6.74. The van der Waals surface area contributed by atoms with E-state index in [2.05, 4.69) is 40.8 Å². The van der Waals surface area contributed by atoms with Crippen molar-refractivity contribution >= 4 is 8.32 Å². The summed E-state index contributed by atoms with van der Waals surface area (Å²) in [6, 6.07) is 0. The Balaban J connectivity index is 2.38. The molecule has 0 bridgehead atoms. The highest BCUT2D eigenvalue weighted by Crippen LogP contribution is 2.47. The fourth-order valence-electron chi connectivity index (χ4n) is 1.73. The van der Waals surface area contributed by atoms with Gasteiger partial charge in [0.05, 0.1) is 0 Å². The molecule has 1 fully saturated rings. The van der Waals surface area contributed by atoms with E-state index in [4.69, 9.17) is 9.53 Å². The molecule has 0 unspecified atom stereocenters. The summed E-state index contributed by atoms with van der Waals surface area (Å²) < 4.78 is 6.15. The summed E-state index contributed by atoms with van der Waals surface area (Å²) in [5.74, 6) is 1.75. The Kier molecular flexibility index (Phi) is 3.69. The second kappa shape index (κ2) is 4.19. The number of hydrogen-bond acceptors (Lipinski definition) is 2. The molecule has 1 N–H and O–H groups in total. The average Bonchev–Trinajstić information content (AvgIpc) is 2.70. The van der Waals surface area contributed by atoms with E-state index < -0.39 is 8.32 Å². The third-order valence-electron chi connectivity index (χ3n) is 4.41. The fourth-order valence-corrected chi connectivity index (χ4v) is 2.78. The van der Waals surface area contributed by atoms with Crippen molar-refractivity contribution in [2.75, 3.05) is 13.2 Å². The van der Waals surface area contributed by atoms with E-state index in [0.717, 1.165) is 6.61 Å². The first kappa shape index (κ1) is 13.2. The Morgan fingerprint density at radius 2 is 1.73 bits per heavy atom. The molecule has 15 heavy (non-hydrogen) atoms. The molecule has 0 saturated heterocycles. The molecule has 0 aromatic heterocycles. The van der Waals surface area contributed by atoms with Crippen LogP contribution in [0.25, 0.3) is 0 Å². The van der Waals surface area contributed by atoms with Crippen LogP contribution in [-0.4, -0.2) is 26.6 Å². The second-order valence-electron chi connectivity index (χ2n) is 6.44. The number of aliphatic hydroxyl groups is 1.